The molecule has 0 bridgehead atoms. The van der Waals surface area contributed by atoms with E-state index in [1.165, 1.54) is 15.6 Å². The minimum absolute atomic E-state index is 0.105. The maximum Gasteiger partial charge on any atom is 0.252 e. The summed E-state index contributed by atoms with van der Waals surface area (Å²) in [5, 5.41) is 9.14. The van der Waals surface area contributed by atoms with Gasteiger partial charge in [-0.15, -0.1) is 11.3 Å². The topological polar surface area (TPSA) is 57.6 Å². The lowest BCUT2D eigenvalue weighted by Crippen LogP contribution is -2.37. The standard InChI is InChI=1S/C9H12BrNO3S2/c10-8-3-4-9(15-8)16(13,14)11-5-1-2-7(11)6-12/h3-4,7,12H,1-2,5-6H2/t7-/m1/s1. The molecule has 0 unspecified atom stereocenters. The lowest BCUT2D eigenvalue weighted by molar-refractivity contribution is 0.213. The molecular formula is C9H12BrNO3S2. The average molecular weight is 326 g/mol. The molecule has 0 aromatic carbocycles. The molecule has 16 heavy (non-hydrogen) atoms. The molecule has 2 rings (SSSR count). The van der Waals surface area contributed by atoms with Crippen molar-refractivity contribution in [3.05, 3.63) is 15.9 Å². The van der Waals surface area contributed by atoms with Crippen molar-refractivity contribution in [2.75, 3.05) is 13.2 Å². The first-order valence-electron chi connectivity index (χ1n) is 4.94. The summed E-state index contributed by atoms with van der Waals surface area (Å²) < 4.78 is 27.0. The molecule has 0 aliphatic carbocycles. The summed E-state index contributed by atoms with van der Waals surface area (Å²) in [7, 11) is -3.42. The molecule has 1 fully saturated rings. The van der Waals surface area contributed by atoms with E-state index in [0.717, 1.165) is 16.6 Å². The molecule has 0 radical (unpaired) electrons. The molecule has 7 heteroatoms. The smallest absolute Gasteiger partial charge is 0.252 e. The second-order valence-corrected chi connectivity index (χ2v) is 8.23. The number of sulfonamides is 1. The van der Waals surface area contributed by atoms with Crippen LogP contribution in [0.3, 0.4) is 0 Å². The van der Waals surface area contributed by atoms with Crippen LogP contribution >= 0.6 is 27.3 Å². The summed E-state index contributed by atoms with van der Waals surface area (Å²) in [4.78, 5) is 0. The third kappa shape index (κ3) is 2.19. The minimum Gasteiger partial charge on any atom is -0.395 e. The summed E-state index contributed by atoms with van der Waals surface area (Å²) in [6.07, 6.45) is 1.55. The Kier molecular flexibility index (Phi) is 3.70. The fraction of sp³-hybridized carbons (Fsp3) is 0.556. The first-order chi connectivity index (χ1) is 7.55. The Balaban J connectivity index is 2.32. The van der Waals surface area contributed by atoms with Gasteiger partial charge in [0.15, 0.2) is 0 Å². The van der Waals surface area contributed by atoms with Gasteiger partial charge in [0.25, 0.3) is 10.0 Å². The predicted molar refractivity (Wildman–Crippen MR) is 66.0 cm³/mol. The summed E-state index contributed by atoms with van der Waals surface area (Å²) in [6.45, 7) is 0.398. The fourth-order valence-corrected chi connectivity index (χ4v) is 5.68. The van der Waals surface area contributed by atoms with E-state index in [0.29, 0.717) is 10.8 Å². The summed E-state index contributed by atoms with van der Waals surface area (Å²) in [5.74, 6) is 0. The van der Waals surface area contributed by atoms with Crippen LogP contribution in [0.5, 0.6) is 0 Å². The average Bonchev–Trinajstić information content (AvgIpc) is 2.85. The van der Waals surface area contributed by atoms with Crippen molar-refractivity contribution in [3.8, 4) is 0 Å². The van der Waals surface area contributed by atoms with Gasteiger partial charge in [-0.2, -0.15) is 4.31 Å². The molecule has 1 N–H and O–H groups in total. The molecule has 2 heterocycles. The Morgan fingerprint density at radius 2 is 2.31 bits per heavy atom. The number of thiophene rings is 1. The van der Waals surface area contributed by atoms with E-state index in [1.54, 1.807) is 12.1 Å². The van der Waals surface area contributed by atoms with Crippen LogP contribution in [0, 0.1) is 0 Å². The molecule has 0 spiro atoms. The van der Waals surface area contributed by atoms with Crippen molar-refractivity contribution < 1.29 is 13.5 Å². The number of hydrogen-bond donors (Lipinski definition) is 1. The van der Waals surface area contributed by atoms with Crippen LogP contribution in [0.2, 0.25) is 0 Å². The molecule has 1 atom stereocenters. The number of nitrogens with zero attached hydrogens (tertiary/aromatic N) is 1. The number of halogens is 1. The molecule has 4 nitrogen and oxygen atoms in total. The second-order valence-electron chi connectivity index (χ2n) is 3.65. The number of hydrogen-bond acceptors (Lipinski definition) is 4. The van der Waals surface area contributed by atoms with E-state index in [-0.39, 0.29) is 12.6 Å². The number of aliphatic hydroxyl groups excluding tert-OH is 1. The van der Waals surface area contributed by atoms with Crippen LogP contribution in [-0.4, -0.2) is 37.0 Å². The van der Waals surface area contributed by atoms with Crippen molar-refractivity contribution in [2.24, 2.45) is 0 Å². The Morgan fingerprint density at radius 1 is 1.56 bits per heavy atom. The zero-order chi connectivity index (χ0) is 11.8. The van der Waals surface area contributed by atoms with Gasteiger partial charge in [-0.3, -0.25) is 0 Å². The van der Waals surface area contributed by atoms with Gasteiger partial charge in [-0.25, -0.2) is 8.42 Å². The molecule has 1 aromatic heterocycles. The summed E-state index contributed by atoms with van der Waals surface area (Å²) in [5.41, 5.74) is 0. The first-order valence-corrected chi connectivity index (χ1v) is 7.98. The van der Waals surface area contributed by atoms with E-state index < -0.39 is 10.0 Å². The van der Waals surface area contributed by atoms with Crippen molar-refractivity contribution in [1.29, 1.82) is 0 Å². The van der Waals surface area contributed by atoms with Gasteiger partial charge in [0, 0.05) is 12.6 Å². The molecule has 1 saturated heterocycles. The van der Waals surface area contributed by atoms with Gasteiger partial charge < -0.3 is 5.11 Å². The van der Waals surface area contributed by atoms with E-state index >= 15 is 0 Å². The second kappa shape index (κ2) is 4.73. The maximum atomic E-state index is 12.2. The van der Waals surface area contributed by atoms with Crippen LogP contribution in [0.15, 0.2) is 20.1 Å². The van der Waals surface area contributed by atoms with E-state index in [1.807, 2.05) is 0 Å². The Labute approximate surface area is 107 Å². The molecule has 90 valence electrons. The van der Waals surface area contributed by atoms with Crippen LogP contribution in [0.1, 0.15) is 12.8 Å². The highest BCUT2D eigenvalue weighted by Crippen LogP contribution is 2.32. The van der Waals surface area contributed by atoms with Gasteiger partial charge in [0.1, 0.15) is 4.21 Å². The normalized spacial score (nSPS) is 22.8. The maximum absolute atomic E-state index is 12.2. The molecular weight excluding hydrogens is 314 g/mol. The zero-order valence-electron chi connectivity index (χ0n) is 8.47. The number of rotatable bonds is 3. The van der Waals surface area contributed by atoms with Crippen molar-refractivity contribution in [1.82, 2.24) is 4.31 Å². The largest absolute Gasteiger partial charge is 0.395 e. The van der Waals surface area contributed by atoms with Crippen LogP contribution in [-0.2, 0) is 10.0 Å². The number of aliphatic hydroxyl groups is 1. The molecule has 0 amide bonds. The zero-order valence-corrected chi connectivity index (χ0v) is 11.7. The van der Waals surface area contributed by atoms with Crippen molar-refractivity contribution in [2.45, 2.75) is 23.1 Å². The minimum atomic E-state index is -3.42. The van der Waals surface area contributed by atoms with Gasteiger partial charge in [0.2, 0.25) is 0 Å². The third-order valence-corrected chi connectivity index (χ3v) is 6.69. The highest BCUT2D eigenvalue weighted by Gasteiger charge is 2.35. The Hall–Kier alpha value is 0.0500. The van der Waals surface area contributed by atoms with Crippen molar-refractivity contribution in [3.63, 3.8) is 0 Å². The molecule has 1 aromatic rings. The molecule has 0 saturated carbocycles. The predicted octanol–water partition coefficient (Wildman–Crippen LogP) is 1.66. The van der Waals surface area contributed by atoms with Crippen LogP contribution in [0.4, 0.5) is 0 Å². The monoisotopic (exact) mass is 325 g/mol. The van der Waals surface area contributed by atoms with E-state index in [2.05, 4.69) is 15.9 Å². The Morgan fingerprint density at radius 3 is 2.88 bits per heavy atom. The molecule has 1 aliphatic heterocycles. The fourth-order valence-electron chi connectivity index (χ4n) is 1.86. The summed E-state index contributed by atoms with van der Waals surface area (Å²) >= 11 is 4.45. The van der Waals surface area contributed by atoms with E-state index in [9.17, 15) is 8.42 Å². The third-order valence-electron chi connectivity index (χ3n) is 2.65. The quantitative estimate of drug-likeness (QED) is 0.919. The highest BCUT2D eigenvalue weighted by molar-refractivity contribution is 9.11. The lowest BCUT2D eigenvalue weighted by atomic mass is 10.2. The highest BCUT2D eigenvalue weighted by atomic mass is 79.9. The Bertz CT molecular complexity index is 471. The van der Waals surface area contributed by atoms with E-state index in [4.69, 9.17) is 5.11 Å². The first kappa shape index (κ1) is 12.5. The van der Waals surface area contributed by atoms with Gasteiger partial charge in [-0.05, 0) is 40.9 Å². The van der Waals surface area contributed by atoms with Crippen LogP contribution in [0.25, 0.3) is 0 Å². The SMILES string of the molecule is O=S(=O)(c1ccc(Br)s1)N1CCC[C@@H]1CO. The molecule has 1 aliphatic rings. The van der Waals surface area contributed by atoms with Gasteiger partial charge in [0.05, 0.1) is 10.4 Å². The lowest BCUT2D eigenvalue weighted by Gasteiger charge is -2.21. The van der Waals surface area contributed by atoms with Gasteiger partial charge >= 0.3 is 0 Å². The van der Waals surface area contributed by atoms with Crippen molar-refractivity contribution >= 4 is 37.3 Å². The van der Waals surface area contributed by atoms with Crippen LogP contribution < -0.4 is 0 Å². The van der Waals surface area contributed by atoms with Gasteiger partial charge in [-0.1, -0.05) is 0 Å². The summed E-state index contributed by atoms with van der Waals surface area (Å²) in [6, 6.07) is 3.06.